The van der Waals surface area contributed by atoms with Crippen LogP contribution in [0.15, 0.2) is 54.7 Å². The molecule has 1 saturated heterocycles. The van der Waals surface area contributed by atoms with Gasteiger partial charge in [0.15, 0.2) is 0 Å². The van der Waals surface area contributed by atoms with Gasteiger partial charge in [0.05, 0.1) is 12.6 Å². The first-order chi connectivity index (χ1) is 13.3. The number of ether oxygens (including phenoxy) is 1. The third-order valence-corrected chi connectivity index (χ3v) is 4.88. The Balaban J connectivity index is 1.29. The number of nitrogens with zero attached hydrogens (tertiary/aromatic N) is 2. The predicted octanol–water partition coefficient (Wildman–Crippen LogP) is 2.77. The van der Waals surface area contributed by atoms with Crippen molar-refractivity contribution in [1.82, 2.24) is 20.4 Å². The molecule has 2 aromatic carbocycles. The van der Waals surface area contributed by atoms with Crippen LogP contribution in [0.1, 0.15) is 29.4 Å². The lowest BCUT2D eigenvalue weighted by molar-refractivity contribution is 0.0940. The van der Waals surface area contributed by atoms with Crippen LogP contribution in [0.2, 0.25) is 0 Å². The lowest BCUT2D eigenvalue weighted by Crippen LogP contribution is -2.32. The van der Waals surface area contributed by atoms with E-state index in [1.165, 1.54) is 0 Å². The molecule has 1 amide bonds. The minimum atomic E-state index is -0.168. The Morgan fingerprint density at radius 3 is 3.00 bits per heavy atom. The van der Waals surface area contributed by atoms with Gasteiger partial charge in [-0.15, -0.1) is 0 Å². The second-order valence-electron chi connectivity index (χ2n) is 6.76. The highest BCUT2D eigenvalue weighted by Crippen LogP contribution is 2.24. The number of hydrogen-bond acceptors (Lipinski definition) is 4. The summed E-state index contributed by atoms with van der Waals surface area (Å²) in [5.74, 6) is 0.662. The second kappa shape index (κ2) is 8.22. The fraction of sp³-hybridized carbons (Fsp3) is 0.333. The molecule has 0 radical (unpaired) electrons. The molecule has 2 heterocycles. The average molecular weight is 364 g/mol. The van der Waals surface area contributed by atoms with Gasteiger partial charge in [-0.1, -0.05) is 36.4 Å². The molecule has 0 aliphatic carbocycles. The molecular formula is C21H24N4O2. The van der Waals surface area contributed by atoms with Gasteiger partial charge in [-0.25, -0.2) is 0 Å². The van der Waals surface area contributed by atoms with Gasteiger partial charge < -0.3 is 15.4 Å². The van der Waals surface area contributed by atoms with Crippen molar-refractivity contribution >= 4 is 16.7 Å². The van der Waals surface area contributed by atoms with Crippen LogP contribution < -0.4 is 15.4 Å². The number of rotatable bonds is 6. The molecule has 0 spiro atoms. The van der Waals surface area contributed by atoms with Crippen molar-refractivity contribution in [1.29, 1.82) is 0 Å². The zero-order valence-corrected chi connectivity index (χ0v) is 15.2. The summed E-state index contributed by atoms with van der Waals surface area (Å²) in [5.41, 5.74) is 0.450. The van der Waals surface area contributed by atoms with Gasteiger partial charge in [0, 0.05) is 18.1 Å². The number of amides is 1. The number of carbonyl (C=O) groups excluding carboxylic acids is 1. The van der Waals surface area contributed by atoms with Gasteiger partial charge in [0.25, 0.3) is 5.91 Å². The molecule has 1 fully saturated rings. The highest BCUT2D eigenvalue weighted by Gasteiger charge is 2.17. The Hall–Kier alpha value is -2.86. The number of nitrogens with one attached hydrogen (secondary N) is 2. The number of aromatic nitrogens is 2. The van der Waals surface area contributed by atoms with Crippen LogP contribution in [0.25, 0.3) is 10.8 Å². The van der Waals surface area contributed by atoms with E-state index in [2.05, 4.69) is 27.9 Å². The number of piperidine rings is 1. The van der Waals surface area contributed by atoms with Crippen molar-refractivity contribution in [2.45, 2.75) is 18.9 Å². The van der Waals surface area contributed by atoms with Gasteiger partial charge in [-0.3, -0.25) is 9.48 Å². The summed E-state index contributed by atoms with van der Waals surface area (Å²) in [7, 11) is 0. The molecule has 6 heteroatoms. The number of carbonyl (C=O) groups is 1. The van der Waals surface area contributed by atoms with Crippen molar-refractivity contribution in [2.24, 2.45) is 0 Å². The zero-order chi connectivity index (χ0) is 18.5. The second-order valence-corrected chi connectivity index (χ2v) is 6.76. The van der Waals surface area contributed by atoms with E-state index < -0.39 is 0 Å². The fourth-order valence-electron chi connectivity index (χ4n) is 3.46. The molecule has 1 aromatic heterocycles. The monoisotopic (exact) mass is 364 g/mol. The maximum atomic E-state index is 12.3. The Morgan fingerprint density at radius 2 is 2.11 bits per heavy atom. The minimum Gasteiger partial charge on any atom is -0.491 e. The Kier molecular flexibility index (Phi) is 5.34. The van der Waals surface area contributed by atoms with E-state index in [1.807, 2.05) is 41.2 Å². The van der Waals surface area contributed by atoms with Crippen LogP contribution in [0.3, 0.4) is 0 Å². The zero-order valence-electron chi connectivity index (χ0n) is 15.2. The van der Waals surface area contributed by atoms with Crippen LogP contribution in [-0.4, -0.2) is 41.9 Å². The van der Waals surface area contributed by atoms with Gasteiger partial charge >= 0.3 is 0 Å². The largest absolute Gasteiger partial charge is 0.491 e. The van der Waals surface area contributed by atoms with Gasteiger partial charge in [-0.05, 0) is 36.9 Å². The van der Waals surface area contributed by atoms with Crippen molar-refractivity contribution in [2.75, 3.05) is 26.2 Å². The van der Waals surface area contributed by atoms with Crippen LogP contribution in [-0.2, 0) is 0 Å². The first-order valence-electron chi connectivity index (χ1n) is 9.46. The summed E-state index contributed by atoms with van der Waals surface area (Å²) < 4.78 is 7.75. The fourth-order valence-corrected chi connectivity index (χ4v) is 3.46. The SMILES string of the molecule is O=C(NCCOc1cccc2ccccc12)c1ccn(C2CCCNC2)n1. The van der Waals surface area contributed by atoms with E-state index in [1.54, 1.807) is 6.07 Å². The van der Waals surface area contributed by atoms with Gasteiger partial charge in [0.2, 0.25) is 0 Å². The standard InChI is InChI=1S/C21H24N4O2/c26-21(19-10-13-25(24-19)17-7-4-11-22-15-17)23-12-14-27-20-9-3-6-16-5-1-2-8-18(16)20/h1-3,5-6,8-10,13,17,22H,4,7,11-12,14-15H2,(H,23,26). The van der Waals surface area contributed by atoms with Crippen LogP contribution in [0.5, 0.6) is 5.75 Å². The van der Waals surface area contributed by atoms with Crippen LogP contribution in [0.4, 0.5) is 0 Å². The highest BCUT2D eigenvalue weighted by molar-refractivity contribution is 5.92. The lowest BCUT2D eigenvalue weighted by Gasteiger charge is -2.22. The number of hydrogen-bond donors (Lipinski definition) is 2. The molecule has 6 nitrogen and oxygen atoms in total. The van der Waals surface area contributed by atoms with E-state index in [9.17, 15) is 4.79 Å². The summed E-state index contributed by atoms with van der Waals surface area (Å²) in [6.45, 7) is 2.80. The molecule has 0 bridgehead atoms. The van der Waals surface area contributed by atoms with Gasteiger partial charge in [-0.2, -0.15) is 5.10 Å². The summed E-state index contributed by atoms with van der Waals surface area (Å²) in [6, 6.07) is 16.2. The first kappa shape index (κ1) is 17.5. The van der Waals surface area contributed by atoms with Crippen molar-refractivity contribution < 1.29 is 9.53 Å². The van der Waals surface area contributed by atoms with E-state index >= 15 is 0 Å². The third-order valence-electron chi connectivity index (χ3n) is 4.88. The topological polar surface area (TPSA) is 68.2 Å². The smallest absolute Gasteiger partial charge is 0.271 e. The quantitative estimate of drug-likeness (QED) is 0.660. The van der Waals surface area contributed by atoms with Crippen LogP contribution in [0, 0.1) is 0 Å². The molecule has 0 saturated carbocycles. The summed E-state index contributed by atoms with van der Waals surface area (Å²) in [5, 5.41) is 12.9. The average Bonchev–Trinajstić information content (AvgIpc) is 3.22. The maximum absolute atomic E-state index is 12.3. The molecule has 1 atom stereocenters. The Bertz CT molecular complexity index is 910. The molecule has 4 rings (SSSR count). The molecule has 3 aromatic rings. The molecule has 1 unspecified atom stereocenters. The van der Waals surface area contributed by atoms with Gasteiger partial charge in [0.1, 0.15) is 18.1 Å². The summed E-state index contributed by atoms with van der Waals surface area (Å²) in [6.07, 6.45) is 4.12. The third kappa shape index (κ3) is 4.11. The van der Waals surface area contributed by atoms with Crippen molar-refractivity contribution in [3.63, 3.8) is 0 Å². The molecule has 1 aliphatic rings. The van der Waals surface area contributed by atoms with E-state index in [4.69, 9.17) is 4.74 Å². The van der Waals surface area contributed by atoms with Crippen LogP contribution >= 0.6 is 0 Å². The molecule has 140 valence electrons. The molecule has 27 heavy (non-hydrogen) atoms. The van der Waals surface area contributed by atoms with E-state index in [0.717, 1.165) is 42.5 Å². The predicted molar refractivity (Wildman–Crippen MR) is 105 cm³/mol. The Labute approximate surface area is 158 Å². The first-order valence-corrected chi connectivity index (χ1v) is 9.46. The lowest BCUT2D eigenvalue weighted by atomic mass is 10.1. The van der Waals surface area contributed by atoms with E-state index in [0.29, 0.717) is 24.9 Å². The number of fused-ring (bicyclic) bond motifs is 1. The van der Waals surface area contributed by atoms with E-state index in [-0.39, 0.29) is 5.91 Å². The Morgan fingerprint density at radius 1 is 1.22 bits per heavy atom. The maximum Gasteiger partial charge on any atom is 0.271 e. The van der Waals surface area contributed by atoms with Crippen molar-refractivity contribution in [3.8, 4) is 5.75 Å². The normalized spacial score (nSPS) is 17.0. The minimum absolute atomic E-state index is 0.168. The summed E-state index contributed by atoms with van der Waals surface area (Å²) in [4.78, 5) is 12.3. The highest BCUT2D eigenvalue weighted by atomic mass is 16.5. The molecule has 2 N–H and O–H groups in total. The molecule has 1 aliphatic heterocycles. The summed E-state index contributed by atoms with van der Waals surface area (Å²) >= 11 is 0. The number of benzene rings is 2. The molecular weight excluding hydrogens is 340 g/mol. The van der Waals surface area contributed by atoms with Crippen molar-refractivity contribution in [3.05, 3.63) is 60.4 Å².